The molecule has 9 heteroatoms. The van der Waals surface area contributed by atoms with Crippen molar-refractivity contribution in [1.82, 2.24) is 24.6 Å². The van der Waals surface area contributed by atoms with Crippen LogP contribution in [0.5, 0.6) is 0 Å². The molecule has 31 heavy (non-hydrogen) atoms. The van der Waals surface area contributed by atoms with Crippen LogP contribution in [0.1, 0.15) is 28.2 Å². The van der Waals surface area contributed by atoms with Gasteiger partial charge in [0.1, 0.15) is 11.5 Å². The van der Waals surface area contributed by atoms with Crippen molar-refractivity contribution in [3.05, 3.63) is 77.4 Å². The number of nitrogens with zero attached hydrogens (tertiary/aromatic N) is 5. The van der Waals surface area contributed by atoms with Crippen LogP contribution in [-0.4, -0.2) is 37.1 Å². The van der Waals surface area contributed by atoms with Gasteiger partial charge in [0.05, 0.1) is 23.5 Å². The number of hydrogen-bond donors (Lipinski definition) is 0. The smallest absolute Gasteiger partial charge is 0.333 e. The van der Waals surface area contributed by atoms with E-state index in [4.69, 9.17) is 0 Å². The van der Waals surface area contributed by atoms with Gasteiger partial charge in [0, 0.05) is 31.8 Å². The lowest BCUT2D eigenvalue weighted by Crippen LogP contribution is -2.36. The second kappa shape index (κ2) is 7.98. The van der Waals surface area contributed by atoms with E-state index in [0.29, 0.717) is 41.4 Å². The van der Waals surface area contributed by atoms with Gasteiger partial charge in [-0.3, -0.25) is 9.48 Å². The van der Waals surface area contributed by atoms with Gasteiger partial charge in [-0.1, -0.05) is 24.8 Å². The predicted molar refractivity (Wildman–Crippen MR) is 108 cm³/mol. The van der Waals surface area contributed by atoms with Crippen LogP contribution in [0.15, 0.2) is 49.2 Å². The van der Waals surface area contributed by atoms with Crippen LogP contribution >= 0.6 is 0 Å². The number of aryl methyl sites for hydroxylation is 1. The Morgan fingerprint density at radius 1 is 1.26 bits per heavy atom. The number of hydrogen-bond acceptors (Lipinski definition) is 4. The third-order valence-corrected chi connectivity index (χ3v) is 5.17. The van der Waals surface area contributed by atoms with Crippen LogP contribution < -0.4 is 0 Å². The third-order valence-electron chi connectivity index (χ3n) is 5.17. The first kappa shape index (κ1) is 20.8. The van der Waals surface area contributed by atoms with E-state index in [1.54, 1.807) is 28.9 Å². The zero-order valence-electron chi connectivity index (χ0n) is 16.9. The Morgan fingerprint density at radius 2 is 2.06 bits per heavy atom. The summed E-state index contributed by atoms with van der Waals surface area (Å²) in [5.74, 6) is 0.190. The summed E-state index contributed by atoms with van der Waals surface area (Å²) in [5, 5.41) is 4.43. The van der Waals surface area contributed by atoms with Gasteiger partial charge in [0.25, 0.3) is 0 Å². The quantitative estimate of drug-likeness (QED) is 0.598. The standard InChI is InChI=1S/C22H20F3N5O/c1-3-20(31)30-10-7-16-18(13-30)26-19(27-21(16)17-8-9-29(2)28-17)12-14-5-4-6-15(11-14)22(23,24)25/h3-6,8-9,11H,1,7,10,12-13H2,2H3. The number of amides is 1. The summed E-state index contributed by atoms with van der Waals surface area (Å²) in [5.41, 5.74) is 2.64. The highest BCUT2D eigenvalue weighted by Crippen LogP contribution is 2.31. The Bertz CT molecular complexity index is 1150. The van der Waals surface area contributed by atoms with Crippen molar-refractivity contribution in [2.75, 3.05) is 6.54 Å². The van der Waals surface area contributed by atoms with Crippen LogP contribution in [-0.2, 0) is 37.4 Å². The van der Waals surface area contributed by atoms with Gasteiger partial charge in [-0.25, -0.2) is 9.97 Å². The van der Waals surface area contributed by atoms with Gasteiger partial charge in [0.2, 0.25) is 5.91 Å². The largest absolute Gasteiger partial charge is 0.416 e. The van der Waals surface area contributed by atoms with E-state index in [0.717, 1.165) is 17.7 Å². The van der Waals surface area contributed by atoms with Crippen LogP contribution in [0.4, 0.5) is 13.2 Å². The zero-order chi connectivity index (χ0) is 22.2. The fraction of sp³-hybridized carbons (Fsp3) is 0.273. The lowest BCUT2D eigenvalue weighted by Gasteiger charge is -2.28. The normalized spacial score (nSPS) is 13.7. The zero-order valence-corrected chi connectivity index (χ0v) is 16.9. The van der Waals surface area contributed by atoms with Crippen LogP contribution in [0.2, 0.25) is 0 Å². The lowest BCUT2D eigenvalue weighted by atomic mass is 10.00. The highest BCUT2D eigenvalue weighted by molar-refractivity contribution is 5.87. The van der Waals surface area contributed by atoms with E-state index in [-0.39, 0.29) is 18.9 Å². The molecule has 0 unspecified atom stereocenters. The Labute approximate surface area is 177 Å². The molecule has 0 aliphatic carbocycles. The van der Waals surface area contributed by atoms with Gasteiger partial charge >= 0.3 is 6.18 Å². The van der Waals surface area contributed by atoms with Gasteiger partial charge in [-0.05, 0) is 30.2 Å². The van der Waals surface area contributed by atoms with Gasteiger partial charge < -0.3 is 4.90 Å². The van der Waals surface area contributed by atoms with Crippen molar-refractivity contribution in [2.24, 2.45) is 7.05 Å². The summed E-state index contributed by atoms with van der Waals surface area (Å²) in [6, 6.07) is 6.97. The highest BCUT2D eigenvalue weighted by Gasteiger charge is 2.30. The van der Waals surface area contributed by atoms with E-state index in [1.807, 2.05) is 6.07 Å². The maximum absolute atomic E-state index is 13.1. The Balaban J connectivity index is 1.75. The van der Waals surface area contributed by atoms with Crippen LogP contribution in [0.3, 0.4) is 0 Å². The Morgan fingerprint density at radius 3 is 2.74 bits per heavy atom. The van der Waals surface area contributed by atoms with Gasteiger partial charge in [-0.2, -0.15) is 18.3 Å². The monoisotopic (exact) mass is 427 g/mol. The summed E-state index contributed by atoms with van der Waals surface area (Å²) in [6.45, 7) is 4.33. The minimum atomic E-state index is -4.42. The summed E-state index contributed by atoms with van der Waals surface area (Å²) in [6.07, 6.45) is -0.670. The van der Waals surface area contributed by atoms with E-state index < -0.39 is 11.7 Å². The maximum atomic E-state index is 13.1. The lowest BCUT2D eigenvalue weighted by molar-refractivity contribution is -0.137. The molecule has 3 aromatic rings. The Hall–Kier alpha value is -3.49. The average molecular weight is 427 g/mol. The van der Waals surface area contributed by atoms with Crippen molar-refractivity contribution >= 4 is 5.91 Å². The number of fused-ring (bicyclic) bond motifs is 1. The first-order valence-electron chi connectivity index (χ1n) is 9.71. The summed E-state index contributed by atoms with van der Waals surface area (Å²) in [7, 11) is 1.80. The molecule has 1 aliphatic heterocycles. The minimum Gasteiger partial charge on any atom is -0.333 e. The van der Waals surface area contributed by atoms with Gasteiger partial charge in [-0.15, -0.1) is 0 Å². The molecule has 1 amide bonds. The number of carbonyl (C=O) groups is 1. The summed E-state index contributed by atoms with van der Waals surface area (Å²) < 4.78 is 40.9. The first-order chi connectivity index (χ1) is 14.7. The summed E-state index contributed by atoms with van der Waals surface area (Å²) in [4.78, 5) is 23.0. The van der Waals surface area contributed by atoms with Crippen LogP contribution in [0.25, 0.3) is 11.4 Å². The first-order valence-corrected chi connectivity index (χ1v) is 9.71. The molecule has 4 rings (SSSR count). The summed E-state index contributed by atoms with van der Waals surface area (Å²) >= 11 is 0. The maximum Gasteiger partial charge on any atom is 0.416 e. The Kier molecular flexibility index (Phi) is 5.34. The second-order valence-corrected chi connectivity index (χ2v) is 7.38. The molecule has 0 saturated heterocycles. The molecule has 1 aliphatic rings. The molecule has 3 heterocycles. The number of alkyl halides is 3. The molecular weight excluding hydrogens is 407 g/mol. The molecular formula is C22H20F3N5O. The third kappa shape index (κ3) is 4.35. The number of halogens is 3. The molecule has 2 aromatic heterocycles. The van der Waals surface area contributed by atoms with Crippen molar-refractivity contribution < 1.29 is 18.0 Å². The fourth-order valence-electron chi connectivity index (χ4n) is 3.67. The molecule has 0 bridgehead atoms. The van der Waals surface area contributed by atoms with E-state index >= 15 is 0 Å². The number of carbonyl (C=O) groups excluding carboxylic acids is 1. The number of benzene rings is 1. The molecule has 1 aromatic carbocycles. The van der Waals surface area contributed by atoms with E-state index in [1.165, 1.54) is 12.1 Å². The topological polar surface area (TPSA) is 63.9 Å². The molecule has 0 atom stereocenters. The average Bonchev–Trinajstić information content (AvgIpc) is 3.18. The van der Waals surface area contributed by atoms with E-state index in [9.17, 15) is 18.0 Å². The highest BCUT2D eigenvalue weighted by atomic mass is 19.4. The fourth-order valence-corrected chi connectivity index (χ4v) is 3.67. The molecule has 160 valence electrons. The number of aromatic nitrogens is 4. The van der Waals surface area contributed by atoms with Gasteiger partial charge in [0.15, 0.2) is 0 Å². The molecule has 0 N–H and O–H groups in total. The van der Waals surface area contributed by atoms with Crippen molar-refractivity contribution in [2.45, 2.75) is 25.6 Å². The number of rotatable bonds is 4. The van der Waals surface area contributed by atoms with Crippen molar-refractivity contribution in [1.29, 1.82) is 0 Å². The minimum absolute atomic E-state index is 0.131. The second-order valence-electron chi connectivity index (χ2n) is 7.38. The molecule has 0 radical (unpaired) electrons. The molecule has 6 nitrogen and oxygen atoms in total. The molecule has 0 saturated carbocycles. The molecule has 0 spiro atoms. The van der Waals surface area contributed by atoms with Crippen LogP contribution in [0, 0.1) is 0 Å². The van der Waals surface area contributed by atoms with Crippen molar-refractivity contribution in [3.8, 4) is 11.4 Å². The van der Waals surface area contributed by atoms with E-state index in [2.05, 4.69) is 21.6 Å². The molecule has 0 fully saturated rings. The van der Waals surface area contributed by atoms with Crippen molar-refractivity contribution in [3.63, 3.8) is 0 Å². The predicted octanol–water partition coefficient (Wildman–Crippen LogP) is 3.56. The SMILES string of the molecule is C=CC(=O)N1CCc2c(nc(Cc3cccc(C(F)(F)F)c3)nc2-c2ccn(C)n2)C1.